The molecule has 2 aliphatic rings. The smallest absolute Gasteiger partial charge is 0.122 e. The number of aromatic hydroxyl groups is 2. The molecule has 2 N–H and O–H groups in total. The van der Waals surface area contributed by atoms with Crippen molar-refractivity contribution in [2.75, 3.05) is 0 Å². The molecule has 2 nitrogen and oxygen atoms in total. The molecule has 0 radical (unpaired) electrons. The Morgan fingerprint density at radius 1 is 0.613 bits per heavy atom. The maximum atomic E-state index is 11.0. The number of phenolic OH excluding ortho intramolecular Hbond substituents is 2. The van der Waals surface area contributed by atoms with E-state index in [9.17, 15) is 10.2 Å². The van der Waals surface area contributed by atoms with Gasteiger partial charge >= 0.3 is 0 Å². The van der Waals surface area contributed by atoms with Gasteiger partial charge in [-0.2, -0.15) is 0 Å². The summed E-state index contributed by atoms with van der Waals surface area (Å²) in [5.41, 5.74) is 7.03. The molecule has 0 aliphatic heterocycles. The predicted molar refractivity (Wildman–Crippen MR) is 129 cm³/mol. The minimum Gasteiger partial charge on any atom is -0.507 e. The highest BCUT2D eigenvalue weighted by Gasteiger charge is 2.22. The van der Waals surface area contributed by atoms with Gasteiger partial charge in [-0.05, 0) is 92.9 Å². The fourth-order valence-electron chi connectivity index (χ4n) is 6.07. The highest BCUT2D eigenvalue weighted by atomic mass is 16.3. The maximum absolute atomic E-state index is 11.0. The SMILES string of the molecule is Cc1cc(CCCc2cc(C)cc(C3CCCCC3)c2O)c(O)c(C2CCCCC2)c1. The van der Waals surface area contributed by atoms with Crippen LogP contribution in [0.15, 0.2) is 24.3 Å². The summed E-state index contributed by atoms with van der Waals surface area (Å²) in [6.07, 6.45) is 15.3. The molecule has 0 aromatic heterocycles. The van der Waals surface area contributed by atoms with Gasteiger partial charge in [0.15, 0.2) is 0 Å². The maximum Gasteiger partial charge on any atom is 0.122 e. The molecule has 0 saturated heterocycles. The van der Waals surface area contributed by atoms with Crippen LogP contribution in [0.25, 0.3) is 0 Å². The van der Waals surface area contributed by atoms with E-state index in [-0.39, 0.29) is 0 Å². The van der Waals surface area contributed by atoms with Crippen LogP contribution in [0, 0.1) is 13.8 Å². The topological polar surface area (TPSA) is 40.5 Å². The normalized spacial score (nSPS) is 18.4. The van der Waals surface area contributed by atoms with E-state index < -0.39 is 0 Å². The molecule has 31 heavy (non-hydrogen) atoms. The van der Waals surface area contributed by atoms with E-state index in [2.05, 4.69) is 38.1 Å². The van der Waals surface area contributed by atoms with E-state index in [4.69, 9.17) is 0 Å². The number of benzene rings is 2. The first kappa shape index (κ1) is 22.2. The summed E-state index contributed by atoms with van der Waals surface area (Å²) in [5.74, 6) is 2.11. The minimum atomic E-state index is 0.520. The van der Waals surface area contributed by atoms with Crippen molar-refractivity contribution in [1.82, 2.24) is 0 Å². The number of rotatable bonds is 6. The molecule has 0 spiro atoms. The molecular formula is C29H40O2. The molecule has 0 amide bonds. The lowest BCUT2D eigenvalue weighted by Crippen LogP contribution is -2.07. The number of phenols is 2. The second-order valence-corrected chi connectivity index (χ2v) is 10.2. The molecule has 2 aromatic rings. The summed E-state index contributed by atoms with van der Waals surface area (Å²) in [6, 6.07) is 8.73. The van der Waals surface area contributed by atoms with Crippen molar-refractivity contribution in [3.63, 3.8) is 0 Å². The van der Waals surface area contributed by atoms with Gasteiger partial charge in [0.2, 0.25) is 0 Å². The second-order valence-electron chi connectivity index (χ2n) is 10.2. The van der Waals surface area contributed by atoms with Crippen molar-refractivity contribution in [2.24, 2.45) is 0 Å². The number of hydrogen-bond donors (Lipinski definition) is 2. The van der Waals surface area contributed by atoms with Gasteiger partial charge in [-0.3, -0.25) is 0 Å². The van der Waals surface area contributed by atoms with Crippen LogP contribution in [-0.2, 0) is 12.8 Å². The Balaban J connectivity index is 1.47. The summed E-state index contributed by atoms with van der Waals surface area (Å²) in [7, 11) is 0. The van der Waals surface area contributed by atoms with Gasteiger partial charge < -0.3 is 10.2 Å². The fraction of sp³-hybridized carbons (Fsp3) is 0.586. The van der Waals surface area contributed by atoms with Gasteiger partial charge in [0, 0.05) is 0 Å². The van der Waals surface area contributed by atoms with Crippen LogP contribution < -0.4 is 0 Å². The van der Waals surface area contributed by atoms with Crippen LogP contribution >= 0.6 is 0 Å². The Morgan fingerprint density at radius 2 is 1.00 bits per heavy atom. The molecule has 0 atom stereocenters. The van der Waals surface area contributed by atoms with E-state index in [0.29, 0.717) is 23.3 Å². The lowest BCUT2D eigenvalue weighted by molar-refractivity contribution is 0.409. The Kier molecular flexibility index (Phi) is 7.25. The van der Waals surface area contributed by atoms with E-state index in [1.54, 1.807) is 0 Å². The van der Waals surface area contributed by atoms with Crippen LogP contribution in [0.4, 0.5) is 0 Å². The summed E-state index contributed by atoms with van der Waals surface area (Å²) in [6.45, 7) is 4.30. The van der Waals surface area contributed by atoms with Crippen molar-refractivity contribution in [3.8, 4) is 11.5 Å². The molecule has 4 rings (SSSR count). The molecular weight excluding hydrogens is 380 g/mol. The van der Waals surface area contributed by atoms with Crippen molar-refractivity contribution >= 4 is 0 Å². The zero-order valence-electron chi connectivity index (χ0n) is 19.6. The monoisotopic (exact) mass is 420 g/mol. The highest BCUT2D eigenvalue weighted by Crippen LogP contribution is 2.41. The Bertz CT molecular complexity index is 813. The Hall–Kier alpha value is -1.96. The van der Waals surface area contributed by atoms with Gasteiger partial charge in [0.25, 0.3) is 0 Å². The third kappa shape index (κ3) is 5.27. The molecule has 168 valence electrons. The van der Waals surface area contributed by atoms with Crippen LogP contribution in [0.3, 0.4) is 0 Å². The summed E-state index contributed by atoms with van der Waals surface area (Å²) in [5, 5.41) is 22.1. The lowest BCUT2D eigenvalue weighted by atomic mass is 9.81. The van der Waals surface area contributed by atoms with Crippen LogP contribution in [0.1, 0.15) is 116 Å². The summed E-state index contributed by atoms with van der Waals surface area (Å²) in [4.78, 5) is 0. The molecule has 2 aliphatic carbocycles. The third-order valence-electron chi connectivity index (χ3n) is 7.71. The summed E-state index contributed by atoms with van der Waals surface area (Å²) < 4.78 is 0. The van der Waals surface area contributed by atoms with Crippen molar-refractivity contribution in [3.05, 3.63) is 57.6 Å². The van der Waals surface area contributed by atoms with E-state index in [1.807, 2.05) is 0 Å². The van der Waals surface area contributed by atoms with Crippen molar-refractivity contribution in [2.45, 2.75) is 109 Å². The Morgan fingerprint density at radius 3 is 1.39 bits per heavy atom. The number of hydrogen-bond acceptors (Lipinski definition) is 2. The largest absolute Gasteiger partial charge is 0.507 e. The standard InChI is InChI=1S/C29H40O2/c1-20-16-24(28(30)26(18-20)22-10-5-3-6-11-22)14-9-15-25-17-21(2)19-27(29(25)31)23-12-7-4-8-13-23/h16-19,22-23,30-31H,3-15H2,1-2H3. The van der Waals surface area contributed by atoms with Gasteiger partial charge in [-0.1, -0.05) is 73.9 Å². The van der Waals surface area contributed by atoms with E-state index >= 15 is 0 Å². The van der Waals surface area contributed by atoms with Gasteiger partial charge in [-0.25, -0.2) is 0 Å². The van der Waals surface area contributed by atoms with Gasteiger partial charge in [-0.15, -0.1) is 0 Å². The molecule has 2 saturated carbocycles. The minimum absolute atomic E-state index is 0.520. The quantitative estimate of drug-likeness (QED) is 0.497. The Labute approximate surface area is 188 Å². The van der Waals surface area contributed by atoms with Crippen molar-refractivity contribution in [1.29, 1.82) is 0 Å². The second kappa shape index (κ2) is 10.1. The molecule has 0 bridgehead atoms. The molecule has 2 fully saturated rings. The first-order chi connectivity index (χ1) is 15.0. The molecule has 2 heteroatoms. The fourth-order valence-corrected chi connectivity index (χ4v) is 6.07. The highest BCUT2D eigenvalue weighted by molar-refractivity contribution is 5.47. The molecule has 0 heterocycles. The average molecular weight is 421 g/mol. The van der Waals surface area contributed by atoms with Crippen LogP contribution in [0.2, 0.25) is 0 Å². The average Bonchev–Trinajstić information content (AvgIpc) is 2.79. The first-order valence-corrected chi connectivity index (χ1v) is 12.7. The summed E-state index contributed by atoms with van der Waals surface area (Å²) >= 11 is 0. The zero-order chi connectivity index (χ0) is 21.8. The molecule has 2 aromatic carbocycles. The van der Waals surface area contributed by atoms with Crippen molar-refractivity contribution < 1.29 is 10.2 Å². The van der Waals surface area contributed by atoms with Gasteiger partial charge in [0.05, 0.1) is 0 Å². The van der Waals surface area contributed by atoms with Crippen LogP contribution in [-0.4, -0.2) is 10.2 Å². The predicted octanol–water partition coefficient (Wildman–Crippen LogP) is 7.99. The van der Waals surface area contributed by atoms with E-state index in [1.165, 1.54) is 86.5 Å². The zero-order valence-corrected chi connectivity index (χ0v) is 19.6. The third-order valence-corrected chi connectivity index (χ3v) is 7.71. The lowest BCUT2D eigenvalue weighted by Gasteiger charge is -2.25. The number of aryl methyl sites for hydroxylation is 4. The van der Waals surface area contributed by atoms with E-state index in [0.717, 1.165) is 30.4 Å². The van der Waals surface area contributed by atoms with Crippen LogP contribution in [0.5, 0.6) is 11.5 Å². The first-order valence-electron chi connectivity index (χ1n) is 12.7. The molecule has 0 unspecified atom stereocenters. The van der Waals surface area contributed by atoms with Gasteiger partial charge in [0.1, 0.15) is 11.5 Å².